The van der Waals surface area contributed by atoms with Gasteiger partial charge in [-0.1, -0.05) is 22.8 Å². The molecular formula is C21H19ClN4O3S. The molecule has 154 valence electrons. The van der Waals surface area contributed by atoms with Crippen LogP contribution in [0.25, 0.3) is 10.7 Å². The van der Waals surface area contributed by atoms with Gasteiger partial charge in [0.15, 0.2) is 0 Å². The first-order valence-corrected chi connectivity index (χ1v) is 11.0. The highest BCUT2D eigenvalue weighted by Crippen LogP contribution is 2.40. The van der Waals surface area contributed by atoms with Gasteiger partial charge in [0.05, 0.1) is 16.5 Å². The minimum atomic E-state index is -0.425. The average molecular weight is 443 g/mol. The maximum Gasteiger partial charge on any atom is 0.230 e. The van der Waals surface area contributed by atoms with Gasteiger partial charge in [-0.05, 0) is 44.0 Å². The second-order valence-corrected chi connectivity index (χ2v) is 9.38. The lowest BCUT2D eigenvalue weighted by atomic mass is 10.1. The van der Waals surface area contributed by atoms with Gasteiger partial charge in [-0.25, -0.2) is 0 Å². The van der Waals surface area contributed by atoms with Gasteiger partial charge in [-0.3, -0.25) is 9.59 Å². The monoisotopic (exact) mass is 442 g/mol. The lowest BCUT2D eigenvalue weighted by Gasteiger charge is -2.17. The Labute approximate surface area is 182 Å². The van der Waals surface area contributed by atoms with E-state index in [9.17, 15) is 9.59 Å². The van der Waals surface area contributed by atoms with Gasteiger partial charge >= 0.3 is 0 Å². The highest BCUT2D eigenvalue weighted by atomic mass is 35.5. The van der Waals surface area contributed by atoms with Crippen molar-refractivity contribution in [3.05, 3.63) is 46.1 Å². The quantitative estimate of drug-likeness (QED) is 0.622. The molecule has 0 radical (unpaired) electrons. The van der Waals surface area contributed by atoms with E-state index in [-0.39, 0.29) is 18.2 Å². The van der Waals surface area contributed by atoms with E-state index in [4.69, 9.17) is 16.1 Å². The van der Waals surface area contributed by atoms with Crippen LogP contribution in [0.3, 0.4) is 0 Å². The van der Waals surface area contributed by atoms with Gasteiger partial charge in [0.1, 0.15) is 0 Å². The molecule has 1 N–H and O–H groups in total. The number of benzene rings is 1. The van der Waals surface area contributed by atoms with Gasteiger partial charge in [0.25, 0.3) is 0 Å². The van der Waals surface area contributed by atoms with Crippen molar-refractivity contribution in [2.24, 2.45) is 5.92 Å². The molecule has 1 aliphatic heterocycles. The number of nitrogens with zero attached hydrogens (tertiary/aromatic N) is 3. The van der Waals surface area contributed by atoms with Gasteiger partial charge in [0, 0.05) is 34.5 Å². The number of anilines is 2. The fraction of sp³-hybridized carbons (Fsp3) is 0.333. The van der Waals surface area contributed by atoms with Crippen LogP contribution in [0.4, 0.5) is 11.4 Å². The Balaban J connectivity index is 1.28. The molecule has 1 saturated carbocycles. The fourth-order valence-electron chi connectivity index (χ4n) is 3.56. The van der Waals surface area contributed by atoms with Gasteiger partial charge in [0.2, 0.25) is 23.5 Å². The van der Waals surface area contributed by atoms with Gasteiger partial charge in [-0.2, -0.15) is 4.98 Å². The summed E-state index contributed by atoms with van der Waals surface area (Å²) in [5.41, 5.74) is 1.42. The Kier molecular flexibility index (Phi) is 4.83. The molecule has 7 nitrogen and oxygen atoms in total. The first-order chi connectivity index (χ1) is 14.5. The molecule has 3 aromatic rings. The minimum absolute atomic E-state index is 0.0838. The van der Waals surface area contributed by atoms with E-state index in [1.807, 2.05) is 19.1 Å². The van der Waals surface area contributed by atoms with Crippen molar-refractivity contribution >= 4 is 46.1 Å². The third kappa shape index (κ3) is 3.73. The predicted molar refractivity (Wildman–Crippen MR) is 115 cm³/mol. The van der Waals surface area contributed by atoms with Gasteiger partial charge < -0.3 is 14.7 Å². The molecule has 2 aliphatic rings. The van der Waals surface area contributed by atoms with Crippen molar-refractivity contribution in [2.45, 2.75) is 32.1 Å². The largest absolute Gasteiger partial charge is 0.339 e. The highest BCUT2D eigenvalue weighted by Gasteiger charge is 2.35. The molecule has 0 unspecified atom stereocenters. The van der Waals surface area contributed by atoms with Crippen molar-refractivity contribution < 1.29 is 14.1 Å². The molecule has 1 saturated heterocycles. The third-order valence-corrected chi connectivity index (χ3v) is 6.66. The molecule has 2 fully saturated rings. The maximum atomic E-state index is 12.8. The van der Waals surface area contributed by atoms with E-state index in [0.29, 0.717) is 40.6 Å². The molecule has 1 aliphatic carbocycles. The van der Waals surface area contributed by atoms with Crippen LogP contribution in [-0.2, 0) is 9.59 Å². The normalized spacial score (nSPS) is 18.8. The summed E-state index contributed by atoms with van der Waals surface area (Å²) in [6.07, 6.45) is 2.36. The number of rotatable bonds is 5. The Hall–Kier alpha value is -2.71. The number of amides is 2. The van der Waals surface area contributed by atoms with Crippen molar-refractivity contribution in [2.75, 3.05) is 16.8 Å². The molecule has 30 heavy (non-hydrogen) atoms. The standard InChI is InChI=1S/C21H19ClN4O3S/c1-11-16(9-17(30-11)19-24-21(29-25-19)12-5-6-12)23-20(28)13-7-18(27)26(10-13)15-4-2-3-14(22)8-15/h2-4,8-9,12-13H,5-7,10H2,1H3,(H,23,28)/t13-/m0/s1. The molecule has 5 rings (SSSR count). The van der Waals surface area contributed by atoms with Gasteiger partial charge in [-0.15, -0.1) is 11.3 Å². The second-order valence-electron chi connectivity index (χ2n) is 7.69. The van der Waals surface area contributed by atoms with Crippen LogP contribution >= 0.6 is 22.9 Å². The van der Waals surface area contributed by atoms with Crippen LogP contribution < -0.4 is 10.2 Å². The summed E-state index contributed by atoms with van der Waals surface area (Å²) >= 11 is 7.54. The summed E-state index contributed by atoms with van der Waals surface area (Å²) in [6.45, 7) is 2.26. The van der Waals surface area contributed by atoms with E-state index in [1.54, 1.807) is 23.1 Å². The summed E-state index contributed by atoms with van der Waals surface area (Å²) in [5.74, 6) is 0.951. The topological polar surface area (TPSA) is 88.3 Å². The van der Waals surface area contributed by atoms with Crippen LogP contribution in [0.15, 0.2) is 34.9 Å². The van der Waals surface area contributed by atoms with Crippen molar-refractivity contribution in [1.29, 1.82) is 0 Å². The molecule has 1 aromatic carbocycles. The Morgan fingerprint density at radius 2 is 2.17 bits per heavy atom. The fourth-order valence-corrected chi connectivity index (χ4v) is 4.64. The molecule has 0 bridgehead atoms. The number of thiophene rings is 1. The van der Waals surface area contributed by atoms with Crippen molar-refractivity contribution in [3.8, 4) is 10.7 Å². The van der Waals surface area contributed by atoms with E-state index in [2.05, 4.69) is 15.5 Å². The zero-order chi connectivity index (χ0) is 20.8. The van der Waals surface area contributed by atoms with Crippen molar-refractivity contribution in [1.82, 2.24) is 10.1 Å². The van der Waals surface area contributed by atoms with E-state index in [0.717, 1.165) is 22.6 Å². The second kappa shape index (κ2) is 7.52. The summed E-state index contributed by atoms with van der Waals surface area (Å²) in [7, 11) is 0. The summed E-state index contributed by atoms with van der Waals surface area (Å²) < 4.78 is 5.33. The van der Waals surface area contributed by atoms with Crippen LogP contribution in [0.5, 0.6) is 0 Å². The molecule has 3 heterocycles. The zero-order valence-electron chi connectivity index (χ0n) is 16.2. The Morgan fingerprint density at radius 3 is 2.93 bits per heavy atom. The zero-order valence-corrected chi connectivity index (χ0v) is 17.8. The molecule has 2 amide bonds. The van der Waals surface area contributed by atoms with Crippen LogP contribution in [0.1, 0.15) is 35.9 Å². The first-order valence-electron chi connectivity index (χ1n) is 9.79. The molecule has 9 heteroatoms. The molecule has 2 aromatic heterocycles. The van der Waals surface area contributed by atoms with Crippen LogP contribution in [-0.4, -0.2) is 28.5 Å². The highest BCUT2D eigenvalue weighted by molar-refractivity contribution is 7.16. The Bertz CT molecular complexity index is 1140. The molecule has 1 atom stereocenters. The number of halogens is 1. The number of carbonyl (C=O) groups is 2. The molecular weight excluding hydrogens is 424 g/mol. The number of hydrogen-bond acceptors (Lipinski definition) is 6. The van der Waals surface area contributed by atoms with E-state index in [1.165, 1.54) is 11.3 Å². The number of aryl methyl sites for hydroxylation is 1. The van der Waals surface area contributed by atoms with Crippen LogP contribution in [0.2, 0.25) is 5.02 Å². The summed E-state index contributed by atoms with van der Waals surface area (Å²) in [5, 5.41) is 7.59. The molecule has 0 spiro atoms. The maximum absolute atomic E-state index is 12.8. The number of aromatic nitrogens is 2. The average Bonchev–Trinajstić information content (AvgIpc) is 3.14. The smallest absolute Gasteiger partial charge is 0.230 e. The third-order valence-electron chi connectivity index (χ3n) is 5.38. The first kappa shape index (κ1) is 19.3. The van der Waals surface area contributed by atoms with Crippen LogP contribution in [0, 0.1) is 12.8 Å². The summed E-state index contributed by atoms with van der Waals surface area (Å²) in [4.78, 5) is 33.2. The van der Waals surface area contributed by atoms with E-state index < -0.39 is 5.92 Å². The SMILES string of the molecule is Cc1sc(-c2noc(C3CC3)n2)cc1NC(=O)[C@H]1CC(=O)N(c2cccc(Cl)c2)C1. The lowest BCUT2D eigenvalue weighted by Crippen LogP contribution is -2.28. The lowest BCUT2D eigenvalue weighted by molar-refractivity contribution is -0.122. The minimum Gasteiger partial charge on any atom is -0.339 e. The number of nitrogens with one attached hydrogen (secondary N) is 1. The number of carbonyl (C=O) groups excluding carboxylic acids is 2. The van der Waals surface area contributed by atoms with E-state index >= 15 is 0 Å². The number of hydrogen-bond donors (Lipinski definition) is 1. The Morgan fingerprint density at radius 1 is 1.33 bits per heavy atom. The predicted octanol–water partition coefficient (Wildman–Crippen LogP) is 4.63. The summed E-state index contributed by atoms with van der Waals surface area (Å²) in [6, 6.07) is 8.96. The van der Waals surface area contributed by atoms with Crippen molar-refractivity contribution in [3.63, 3.8) is 0 Å².